The fraction of sp³-hybridized carbons (Fsp3) is 0.263. The van der Waals surface area contributed by atoms with E-state index in [4.69, 9.17) is 0 Å². The largest absolute Gasteiger partial charge is 0.310 e. The summed E-state index contributed by atoms with van der Waals surface area (Å²) in [4.78, 5) is 5.01. The van der Waals surface area contributed by atoms with Gasteiger partial charge in [-0.1, -0.05) is 118 Å². The first kappa shape index (κ1) is 36.2. The van der Waals surface area contributed by atoms with Gasteiger partial charge in [0.15, 0.2) is 0 Å². The van der Waals surface area contributed by atoms with Gasteiger partial charge < -0.3 is 9.80 Å². The zero-order chi connectivity index (χ0) is 39.7. The second-order valence-corrected chi connectivity index (χ2v) is 18.4. The van der Waals surface area contributed by atoms with E-state index in [0.717, 1.165) is 25.7 Å². The Morgan fingerprint density at radius 1 is 0.458 bits per heavy atom. The Balaban J connectivity index is 1.05. The van der Waals surface area contributed by atoms with Crippen LogP contribution < -0.4 is 9.80 Å². The molecule has 4 aliphatic carbocycles. The summed E-state index contributed by atoms with van der Waals surface area (Å²) in [5.74, 6) is 0.680. The van der Waals surface area contributed by atoms with Crippen molar-refractivity contribution in [2.75, 3.05) is 9.80 Å². The molecule has 7 aromatic rings. The van der Waals surface area contributed by atoms with Gasteiger partial charge in [0.2, 0.25) is 0 Å². The van der Waals surface area contributed by atoms with Crippen LogP contribution >= 0.6 is 0 Å². The van der Waals surface area contributed by atoms with Crippen molar-refractivity contribution in [2.24, 2.45) is 0 Å². The molecular weight excluding hydrogens is 713 g/mol. The van der Waals surface area contributed by atoms with Crippen LogP contribution in [0.25, 0.3) is 11.1 Å². The SMILES string of the molecule is Cc1cc2c(cc1N(c1ccc(C3CCCCC3)cc1)c1ccc3c(c1)[C@]1(CCc4ccc(N(c5ccccc5)c5ccccc5)cc41)CC3)C(C)(C)c1ccccc1-2. The van der Waals surface area contributed by atoms with Crippen molar-refractivity contribution in [3.05, 3.63) is 202 Å². The van der Waals surface area contributed by atoms with Gasteiger partial charge in [0.25, 0.3) is 0 Å². The molecule has 4 aliphatic rings. The maximum Gasteiger partial charge on any atom is 0.0494 e. The van der Waals surface area contributed by atoms with E-state index in [9.17, 15) is 0 Å². The molecule has 0 heterocycles. The van der Waals surface area contributed by atoms with Crippen molar-refractivity contribution in [1.82, 2.24) is 0 Å². The standard InChI is InChI=1S/C57H54N2/c1-39-35-50-49-21-13-14-22-51(49)56(2,3)54(50)38-55(39)59(46-27-23-41(24-28-46)40-15-7-4-8-16-40)48-30-26-43-32-34-57(53(43)37-48)33-31-42-25-29-47(36-52(42)57)58(44-17-9-5-10-18-44)45-19-11-6-12-20-45/h5-6,9-14,17-30,35-38,40H,4,7-8,15-16,31-34H2,1-3H3/t57-/m1/s1. The van der Waals surface area contributed by atoms with Crippen LogP contribution in [0.2, 0.25) is 0 Å². The van der Waals surface area contributed by atoms with Crippen molar-refractivity contribution in [3.63, 3.8) is 0 Å². The van der Waals surface area contributed by atoms with E-state index in [1.165, 1.54) is 122 Å². The molecule has 1 atom stereocenters. The van der Waals surface area contributed by atoms with Gasteiger partial charge in [0.1, 0.15) is 0 Å². The molecule has 0 N–H and O–H groups in total. The van der Waals surface area contributed by atoms with Gasteiger partial charge in [-0.2, -0.15) is 0 Å². The van der Waals surface area contributed by atoms with Crippen molar-refractivity contribution in [1.29, 1.82) is 0 Å². The van der Waals surface area contributed by atoms with Crippen molar-refractivity contribution in [2.45, 2.75) is 95.3 Å². The predicted molar refractivity (Wildman–Crippen MR) is 248 cm³/mol. The first-order chi connectivity index (χ1) is 28.9. The van der Waals surface area contributed by atoms with Crippen molar-refractivity contribution in [3.8, 4) is 11.1 Å². The fourth-order valence-corrected chi connectivity index (χ4v) is 11.7. The molecule has 292 valence electrons. The molecule has 2 nitrogen and oxygen atoms in total. The second kappa shape index (κ2) is 14.2. The lowest BCUT2D eigenvalue weighted by Crippen LogP contribution is -2.22. The Morgan fingerprint density at radius 2 is 1.00 bits per heavy atom. The summed E-state index contributed by atoms with van der Waals surface area (Å²) in [6.07, 6.45) is 11.2. The molecule has 11 rings (SSSR count). The molecule has 1 fully saturated rings. The first-order valence-corrected chi connectivity index (χ1v) is 22.2. The van der Waals surface area contributed by atoms with Gasteiger partial charge in [0.05, 0.1) is 0 Å². The lowest BCUT2D eigenvalue weighted by Gasteiger charge is -2.33. The summed E-state index contributed by atoms with van der Waals surface area (Å²) in [5, 5.41) is 0. The first-order valence-electron chi connectivity index (χ1n) is 22.2. The second-order valence-electron chi connectivity index (χ2n) is 18.4. The summed E-state index contributed by atoms with van der Waals surface area (Å²) in [5.41, 5.74) is 21.7. The average molecular weight is 767 g/mol. The minimum atomic E-state index is -0.0779. The molecule has 0 bridgehead atoms. The Morgan fingerprint density at radius 3 is 1.63 bits per heavy atom. The molecule has 0 aromatic heterocycles. The van der Waals surface area contributed by atoms with Gasteiger partial charge >= 0.3 is 0 Å². The highest BCUT2D eigenvalue weighted by Gasteiger charge is 2.45. The monoisotopic (exact) mass is 766 g/mol. The van der Waals surface area contributed by atoms with E-state index >= 15 is 0 Å². The highest BCUT2D eigenvalue weighted by molar-refractivity contribution is 5.88. The van der Waals surface area contributed by atoms with Crippen molar-refractivity contribution < 1.29 is 0 Å². The van der Waals surface area contributed by atoms with Gasteiger partial charge in [0, 0.05) is 45.0 Å². The summed E-state index contributed by atoms with van der Waals surface area (Å²) < 4.78 is 0. The highest BCUT2D eigenvalue weighted by Crippen LogP contribution is 2.56. The van der Waals surface area contributed by atoms with Crippen LogP contribution in [0.4, 0.5) is 34.1 Å². The van der Waals surface area contributed by atoms with Crippen LogP contribution in [0.15, 0.2) is 158 Å². The number of hydrogen-bond acceptors (Lipinski definition) is 2. The van der Waals surface area contributed by atoms with Crippen LogP contribution in [0.3, 0.4) is 0 Å². The Hall–Kier alpha value is -5.86. The molecule has 0 unspecified atom stereocenters. The number of anilines is 6. The minimum Gasteiger partial charge on any atom is -0.310 e. The van der Waals surface area contributed by atoms with E-state index < -0.39 is 0 Å². The Kier molecular flexibility index (Phi) is 8.70. The molecule has 0 saturated heterocycles. The molecule has 0 amide bonds. The molecule has 0 aliphatic heterocycles. The van der Waals surface area contributed by atoms with E-state index in [-0.39, 0.29) is 10.8 Å². The number of hydrogen-bond donors (Lipinski definition) is 0. The average Bonchev–Trinajstić information content (AvgIpc) is 3.91. The number of fused-ring (bicyclic) bond motifs is 7. The van der Waals surface area contributed by atoms with Gasteiger partial charge in [-0.3, -0.25) is 0 Å². The number of rotatable bonds is 7. The summed E-state index contributed by atoms with van der Waals surface area (Å²) in [7, 11) is 0. The number of nitrogens with zero attached hydrogens (tertiary/aromatic N) is 2. The molecular formula is C57H54N2. The predicted octanol–water partition coefficient (Wildman–Crippen LogP) is 15.5. The van der Waals surface area contributed by atoms with Crippen LogP contribution in [0.1, 0.15) is 109 Å². The molecule has 2 heteroatoms. The van der Waals surface area contributed by atoms with Gasteiger partial charge in [-0.15, -0.1) is 0 Å². The molecule has 7 aromatic carbocycles. The van der Waals surface area contributed by atoms with E-state index in [1.807, 2.05) is 0 Å². The summed E-state index contributed by atoms with van der Waals surface area (Å²) in [6, 6.07) is 60.2. The smallest absolute Gasteiger partial charge is 0.0494 e. The third-order valence-electron chi connectivity index (χ3n) is 14.8. The lowest BCUT2D eigenvalue weighted by atomic mass is 9.76. The van der Waals surface area contributed by atoms with Crippen LogP contribution in [-0.2, 0) is 23.7 Å². The molecule has 1 saturated carbocycles. The third-order valence-corrected chi connectivity index (χ3v) is 14.8. The molecule has 0 radical (unpaired) electrons. The topological polar surface area (TPSA) is 6.48 Å². The zero-order valence-corrected chi connectivity index (χ0v) is 34.8. The third kappa shape index (κ3) is 5.89. The normalized spacial score (nSPS) is 18.6. The number of para-hydroxylation sites is 2. The number of aryl methyl sites for hydroxylation is 3. The summed E-state index contributed by atoms with van der Waals surface area (Å²) >= 11 is 0. The minimum absolute atomic E-state index is 0.0111. The number of benzene rings is 7. The maximum absolute atomic E-state index is 2.60. The zero-order valence-electron chi connectivity index (χ0n) is 34.8. The van der Waals surface area contributed by atoms with E-state index in [1.54, 1.807) is 0 Å². The van der Waals surface area contributed by atoms with Gasteiger partial charge in [-0.05, 0) is 180 Å². The lowest BCUT2D eigenvalue weighted by molar-refractivity contribution is 0.443. The fourth-order valence-electron chi connectivity index (χ4n) is 11.7. The van der Waals surface area contributed by atoms with Crippen LogP contribution in [0.5, 0.6) is 0 Å². The highest BCUT2D eigenvalue weighted by atomic mass is 15.1. The molecule has 1 spiro atoms. The van der Waals surface area contributed by atoms with Gasteiger partial charge in [-0.25, -0.2) is 0 Å². The van der Waals surface area contributed by atoms with Crippen molar-refractivity contribution >= 4 is 34.1 Å². The van der Waals surface area contributed by atoms with E-state index in [0.29, 0.717) is 5.92 Å². The van der Waals surface area contributed by atoms with Crippen LogP contribution in [-0.4, -0.2) is 0 Å². The summed E-state index contributed by atoms with van der Waals surface area (Å²) in [6.45, 7) is 7.13. The maximum atomic E-state index is 2.60. The Bertz CT molecular complexity index is 2640. The Labute approximate surface area is 351 Å². The molecule has 59 heavy (non-hydrogen) atoms. The quantitative estimate of drug-likeness (QED) is 0.159. The van der Waals surface area contributed by atoms with E-state index in [2.05, 4.69) is 188 Å². The van der Waals surface area contributed by atoms with Crippen LogP contribution in [0, 0.1) is 6.92 Å².